The van der Waals surface area contributed by atoms with Crippen LogP contribution in [0.1, 0.15) is 32.1 Å². The van der Waals surface area contributed by atoms with Crippen LogP contribution < -0.4 is 0 Å². The van der Waals surface area contributed by atoms with Crippen LogP contribution in [0, 0.1) is 0 Å². The summed E-state index contributed by atoms with van der Waals surface area (Å²) in [6, 6.07) is 0.958. The Labute approximate surface area is 174 Å². The Morgan fingerprint density at radius 1 is 0.690 bits per heavy atom. The third-order valence-corrected chi connectivity index (χ3v) is 10.5. The van der Waals surface area contributed by atoms with E-state index in [0.717, 1.165) is 0 Å². The van der Waals surface area contributed by atoms with Crippen LogP contribution in [0.5, 0.6) is 0 Å². The molecule has 0 unspecified atom stereocenters. The molecule has 0 saturated heterocycles. The molecule has 0 atom stereocenters. The fraction of sp³-hybridized carbons (Fsp3) is 0.765. The van der Waals surface area contributed by atoms with Crippen LogP contribution in [0.2, 0.25) is 12.1 Å². The Bertz CT molecular complexity index is 500. The number of carboxylic acid groups (broad SMARTS) is 2. The fourth-order valence-corrected chi connectivity index (χ4v) is 6.52. The second kappa shape index (κ2) is 14.0. The van der Waals surface area contributed by atoms with Gasteiger partial charge in [-0.25, -0.2) is 4.79 Å². The zero-order valence-corrected chi connectivity index (χ0v) is 20.1. The number of aliphatic carboxylic acids is 2. The molecule has 0 bridgehead atoms. The molecule has 170 valence electrons. The molecule has 0 saturated carbocycles. The van der Waals surface area contributed by atoms with Gasteiger partial charge in [0.15, 0.2) is 0 Å². The van der Waals surface area contributed by atoms with E-state index in [9.17, 15) is 14.7 Å². The number of allylic oxidation sites excluding steroid dienone is 1. The molecule has 0 radical (unpaired) electrons. The highest BCUT2D eigenvalue weighted by atomic mass is 28.4. The van der Waals surface area contributed by atoms with Gasteiger partial charge in [-0.1, -0.05) is 5.57 Å². The molecule has 0 aliphatic rings. The molecule has 0 heterocycles. The molecule has 29 heavy (non-hydrogen) atoms. The van der Waals surface area contributed by atoms with E-state index in [1.165, 1.54) is 42.7 Å². The van der Waals surface area contributed by atoms with Gasteiger partial charge in [0, 0.05) is 60.3 Å². The van der Waals surface area contributed by atoms with Crippen molar-refractivity contribution >= 4 is 29.5 Å². The third kappa shape index (κ3) is 9.05. The first-order chi connectivity index (χ1) is 13.7. The molecule has 0 aromatic heterocycles. The smallest absolute Gasteiger partial charge is 0.481 e. The number of rotatable bonds is 17. The lowest BCUT2D eigenvalue weighted by Crippen LogP contribution is -2.42. The summed E-state index contributed by atoms with van der Waals surface area (Å²) in [5.41, 5.74) is 0.467. The summed E-state index contributed by atoms with van der Waals surface area (Å²) in [6.07, 6.45) is 1.31. The van der Waals surface area contributed by atoms with Crippen LogP contribution in [-0.2, 0) is 36.1 Å². The summed E-state index contributed by atoms with van der Waals surface area (Å²) in [5, 5.41) is 18.7. The van der Waals surface area contributed by atoms with Crippen LogP contribution in [0.4, 0.5) is 0 Å². The van der Waals surface area contributed by atoms with Crippen molar-refractivity contribution in [3.05, 3.63) is 11.1 Å². The molecule has 0 aromatic rings. The monoisotopic (exact) mass is 454 g/mol. The van der Waals surface area contributed by atoms with Crippen molar-refractivity contribution < 1.29 is 46.4 Å². The minimum absolute atomic E-state index is 0.100. The van der Waals surface area contributed by atoms with E-state index >= 15 is 0 Å². The van der Waals surface area contributed by atoms with Gasteiger partial charge in [0.05, 0.1) is 6.42 Å². The summed E-state index contributed by atoms with van der Waals surface area (Å²) in [5.74, 6) is -2.42. The van der Waals surface area contributed by atoms with Crippen LogP contribution >= 0.6 is 0 Å². The van der Waals surface area contributed by atoms with Crippen molar-refractivity contribution in [1.82, 2.24) is 0 Å². The molecular formula is C17H34O10Si2. The van der Waals surface area contributed by atoms with Crippen molar-refractivity contribution in [1.29, 1.82) is 0 Å². The van der Waals surface area contributed by atoms with Gasteiger partial charge in [-0.2, -0.15) is 0 Å². The first-order valence-corrected chi connectivity index (χ1v) is 13.0. The van der Waals surface area contributed by atoms with Gasteiger partial charge >= 0.3 is 29.5 Å². The van der Waals surface area contributed by atoms with Gasteiger partial charge in [0.1, 0.15) is 0 Å². The minimum Gasteiger partial charge on any atom is -0.481 e. The summed E-state index contributed by atoms with van der Waals surface area (Å²) in [7, 11) is 3.45. The fourth-order valence-electron chi connectivity index (χ4n) is 3.08. The number of carbonyl (C=O) groups is 2. The van der Waals surface area contributed by atoms with Crippen molar-refractivity contribution in [2.45, 2.75) is 44.2 Å². The SMILES string of the molecule is CO[Si](CCCC(CCC[Si](OC)(OC)OC)=C(CC(=O)O)C(=O)O)(OC)OC. The Balaban J connectivity index is 5.41. The topological polar surface area (TPSA) is 130 Å². The second-order valence-corrected chi connectivity index (χ2v) is 12.4. The van der Waals surface area contributed by atoms with Gasteiger partial charge in [-0.3, -0.25) is 4.79 Å². The van der Waals surface area contributed by atoms with E-state index in [0.29, 0.717) is 43.3 Å². The molecule has 10 nitrogen and oxygen atoms in total. The minimum atomic E-state index is -2.80. The first-order valence-electron chi connectivity index (χ1n) is 9.15. The largest absolute Gasteiger partial charge is 0.500 e. The van der Waals surface area contributed by atoms with Crippen molar-refractivity contribution in [3.8, 4) is 0 Å². The predicted molar refractivity (Wildman–Crippen MR) is 109 cm³/mol. The highest BCUT2D eigenvalue weighted by Crippen LogP contribution is 2.27. The molecule has 12 heteroatoms. The van der Waals surface area contributed by atoms with Gasteiger partial charge in [0.2, 0.25) is 0 Å². The summed E-state index contributed by atoms with van der Waals surface area (Å²) in [4.78, 5) is 22.8. The maximum Gasteiger partial charge on any atom is 0.500 e. The Morgan fingerprint density at radius 3 is 1.28 bits per heavy atom. The molecule has 0 spiro atoms. The van der Waals surface area contributed by atoms with E-state index < -0.39 is 36.0 Å². The van der Waals surface area contributed by atoms with Gasteiger partial charge < -0.3 is 36.8 Å². The van der Waals surface area contributed by atoms with Gasteiger partial charge in [-0.05, 0) is 25.7 Å². The average molecular weight is 455 g/mol. The van der Waals surface area contributed by atoms with E-state index in [2.05, 4.69) is 0 Å². The molecule has 0 aromatic carbocycles. The maximum absolute atomic E-state index is 11.7. The lowest BCUT2D eigenvalue weighted by molar-refractivity contribution is -0.139. The van der Waals surface area contributed by atoms with Crippen LogP contribution in [0.15, 0.2) is 11.1 Å². The predicted octanol–water partition coefficient (Wildman–Crippen LogP) is 2.16. The van der Waals surface area contributed by atoms with Crippen molar-refractivity contribution in [3.63, 3.8) is 0 Å². The van der Waals surface area contributed by atoms with Gasteiger partial charge in [-0.15, -0.1) is 0 Å². The third-order valence-electron chi connectivity index (χ3n) is 4.80. The summed E-state index contributed by atoms with van der Waals surface area (Å²) in [6.45, 7) is 0. The van der Waals surface area contributed by atoms with E-state index in [4.69, 9.17) is 31.7 Å². The van der Waals surface area contributed by atoms with Crippen molar-refractivity contribution in [2.75, 3.05) is 42.7 Å². The quantitative estimate of drug-likeness (QED) is 0.249. The van der Waals surface area contributed by atoms with E-state index in [1.54, 1.807) is 0 Å². The normalized spacial score (nSPS) is 12.1. The summed E-state index contributed by atoms with van der Waals surface area (Å²) >= 11 is 0. The van der Waals surface area contributed by atoms with Crippen LogP contribution in [-0.4, -0.2) is 82.4 Å². The van der Waals surface area contributed by atoms with Crippen molar-refractivity contribution in [2.24, 2.45) is 0 Å². The Kier molecular flexibility index (Phi) is 13.4. The number of hydrogen-bond donors (Lipinski definition) is 2. The second-order valence-electron chi connectivity index (χ2n) is 6.26. The average Bonchev–Trinajstić information content (AvgIpc) is 2.72. The standard InChI is InChI=1S/C17H34O10Si2/c1-22-28(23-2,24-3)11-7-9-14(15(17(20)21)13-16(18)19)10-8-12-29(25-4,26-5)27-6/h7-13H2,1-6H3,(H,18,19)(H,20,21). The van der Waals surface area contributed by atoms with E-state index in [-0.39, 0.29) is 5.57 Å². The number of carboxylic acids is 2. The lowest BCUT2D eigenvalue weighted by atomic mass is 9.97. The molecule has 0 fully saturated rings. The molecule has 2 N–H and O–H groups in total. The van der Waals surface area contributed by atoms with E-state index in [1.807, 2.05) is 0 Å². The summed E-state index contributed by atoms with van der Waals surface area (Å²) < 4.78 is 32.3. The van der Waals surface area contributed by atoms with Crippen LogP contribution in [0.3, 0.4) is 0 Å². The molecule has 0 rings (SSSR count). The Hall–Kier alpha value is -1.13. The molecule has 0 aliphatic heterocycles. The molecule has 0 aliphatic carbocycles. The van der Waals surface area contributed by atoms with Gasteiger partial charge in [0.25, 0.3) is 0 Å². The maximum atomic E-state index is 11.7. The molecular weight excluding hydrogens is 420 g/mol. The lowest BCUT2D eigenvalue weighted by Gasteiger charge is -2.25. The number of hydrogen-bond acceptors (Lipinski definition) is 8. The highest BCUT2D eigenvalue weighted by Gasteiger charge is 2.38. The van der Waals surface area contributed by atoms with Crippen LogP contribution in [0.25, 0.3) is 0 Å². The highest BCUT2D eigenvalue weighted by molar-refractivity contribution is 6.60. The zero-order chi connectivity index (χ0) is 22.5. The molecule has 0 amide bonds. The Morgan fingerprint density at radius 2 is 1.03 bits per heavy atom. The first kappa shape index (κ1) is 27.9. The zero-order valence-electron chi connectivity index (χ0n) is 18.1.